The van der Waals surface area contributed by atoms with Crippen molar-refractivity contribution in [3.63, 3.8) is 0 Å². The summed E-state index contributed by atoms with van der Waals surface area (Å²) < 4.78 is 2.20. The number of fused-ring (bicyclic) bond motifs is 3. The number of rotatable bonds is 6. The fourth-order valence-corrected chi connectivity index (χ4v) is 12.2. The lowest BCUT2D eigenvalue weighted by Gasteiger charge is -2.34. The number of nitrogens with zero attached hydrogens (tertiary/aromatic N) is 4. The first-order valence-corrected chi connectivity index (χ1v) is 18.3. The third-order valence-corrected chi connectivity index (χ3v) is 14.4. The van der Waals surface area contributed by atoms with Gasteiger partial charge in [0.25, 0.3) is 0 Å². The van der Waals surface area contributed by atoms with Crippen LogP contribution in [0.1, 0.15) is 11.1 Å². The first-order chi connectivity index (χ1) is 24.6. The van der Waals surface area contributed by atoms with Crippen LogP contribution in [0, 0.1) is 29.2 Å². The van der Waals surface area contributed by atoms with Gasteiger partial charge in [0, 0.05) is 11.1 Å². The molecule has 0 amide bonds. The van der Waals surface area contributed by atoms with Gasteiger partial charge in [-0.2, -0.15) is 10.5 Å². The number of nitriles is 2. The van der Waals surface area contributed by atoms with E-state index in [1.165, 1.54) is 15.6 Å². The fourth-order valence-electron chi connectivity index (χ4n) is 7.36. The zero-order chi connectivity index (χ0) is 34.1. The van der Waals surface area contributed by atoms with Gasteiger partial charge in [0.2, 0.25) is 0 Å². The molecule has 0 unspecified atom stereocenters. The van der Waals surface area contributed by atoms with Crippen molar-refractivity contribution in [3.8, 4) is 29.0 Å². The molecular formula is C45H28N4Si. The van der Waals surface area contributed by atoms with Gasteiger partial charge in [-0.1, -0.05) is 115 Å². The molecular weight excluding hydrogens is 625 g/mol. The first kappa shape index (κ1) is 30.4. The second-order valence-electron chi connectivity index (χ2n) is 12.3. The van der Waals surface area contributed by atoms with Crippen molar-refractivity contribution in [3.05, 3.63) is 192 Å². The van der Waals surface area contributed by atoms with Gasteiger partial charge in [-0.25, -0.2) is 4.85 Å². The van der Waals surface area contributed by atoms with Crippen LogP contribution in [0.3, 0.4) is 0 Å². The van der Waals surface area contributed by atoms with Crippen LogP contribution in [0.4, 0.5) is 5.69 Å². The Morgan fingerprint density at radius 3 is 1.68 bits per heavy atom. The molecule has 50 heavy (non-hydrogen) atoms. The van der Waals surface area contributed by atoms with E-state index in [4.69, 9.17) is 6.57 Å². The van der Waals surface area contributed by atoms with Crippen molar-refractivity contribution in [2.45, 2.75) is 0 Å². The average Bonchev–Trinajstić information content (AvgIpc) is 3.52. The van der Waals surface area contributed by atoms with Gasteiger partial charge in [-0.05, 0) is 91.9 Å². The second-order valence-corrected chi connectivity index (χ2v) is 16.1. The molecule has 0 fully saturated rings. The van der Waals surface area contributed by atoms with E-state index in [1.807, 2.05) is 48.5 Å². The molecule has 0 saturated heterocycles. The molecule has 1 aromatic heterocycles. The summed E-state index contributed by atoms with van der Waals surface area (Å²) in [6.45, 7) is 7.56. The molecule has 8 aromatic rings. The van der Waals surface area contributed by atoms with Crippen molar-refractivity contribution in [2.75, 3.05) is 0 Å². The van der Waals surface area contributed by atoms with Crippen LogP contribution in [0.5, 0.6) is 0 Å². The predicted octanol–water partition coefficient (Wildman–Crippen LogP) is 8.12. The highest BCUT2D eigenvalue weighted by Crippen LogP contribution is 2.35. The third-order valence-electron chi connectivity index (χ3n) is 9.60. The summed E-state index contributed by atoms with van der Waals surface area (Å²) in [5.41, 5.74) is 6.97. The Morgan fingerprint density at radius 2 is 1.04 bits per heavy atom. The summed E-state index contributed by atoms with van der Waals surface area (Å²) in [5.74, 6) is 0. The lowest BCUT2D eigenvalue weighted by Crippen LogP contribution is -2.74. The molecule has 0 spiro atoms. The SMILES string of the molecule is [C-]#[N+]c1ccc2c(c1)c1cc(C#N)ccc1n2-c1ccc(-c2cccc([Si](c3ccccc3)(c3ccccc3)c3cccc(C#N)c3)c2)cc1. The fraction of sp³-hybridized carbons (Fsp3) is 0. The Labute approximate surface area is 291 Å². The summed E-state index contributed by atoms with van der Waals surface area (Å²) in [6, 6.07) is 63.2. The second kappa shape index (κ2) is 12.6. The Hall–Kier alpha value is -6.97. The Kier molecular flexibility index (Phi) is 7.63. The van der Waals surface area contributed by atoms with Crippen molar-refractivity contribution in [2.24, 2.45) is 0 Å². The first-order valence-electron chi connectivity index (χ1n) is 16.3. The lowest BCUT2D eigenvalue weighted by atomic mass is 10.1. The summed E-state index contributed by atoms with van der Waals surface area (Å²) in [4.78, 5) is 3.65. The third kappa shape index (κ3) is 4.97. The van der Waals surface area contributed by atoms with Gasteiger partial charge in [0.05, 0.1) is 40.9 Å². The largest absolute Gasteiger partial charge is 0.309 e. The average molecular weight is 653 g/mol. The van der Waals surface area contributed by atoms with Crippen molar-refractivity contribution < 1.29 is 0 Å². The van der Waals surface area contributed by atoms with Gasteiger partial charge in [0.15, 0.2) is 13.8 Å². The predicted molar refractivity (Wildman–Crippen MR) is 206 cm³/mol. The normalized spacial score (nSPS) is 11.1. The zero-order valence-corrected chi connectivity index (χ0v) is 28.0. The van der Waals surface area contributed by atoms with Gasteiger partial charge < -0.3 is 4.57 Å². The number of hydrogen-bond donors (Lipinski definition) is 0. The topological polar surface area (TPSA) is 56.9 Å². The molecule has 7 aromatic carbocycles. The summed E-state index contributed by atoms with van der Waals surface area (Å²) >= 11 is 0. The highest BCUT2D eigenvalue weighted by molar-refractivity contribution is 7.19. The van der Waals surface area contributed by atoms with Gasteiger partial charge >= 0.3 is 0 Å². The van der Waals surface area contributed by atoms with Gasteiger partial charge in [0.1, 0.15) is 0 Å². The zero-order valence-electron chi connectivity index (χ0n) is 27.0. The van der Waals surface area contributed by atoms with Crippen molar-refractivity contribution in [1.82, 2.24) is 4.57 Å². The lowest BCUT2D eigenvalue weighted by molar-refractivity contribution is 1.18. The van der Waals surface area contributed by atoms with Gasteiger partial charge in [-0.15, -0.1) is 0 Å². The maximum atomic E-state index is 9.93. The molecule has 0 aliphatic carbocycles. The molecule has 8 rings (SSSR count). The Bertz CT molecular complexity index is 2560. The van der Waals surface area contributed by atoms with Crippen LogP contribution < -0.4 is 20.7 Å². The summed E-state index contributed by atoms with van der Waals surface area (Å²) in [5, 5.41) is 26.3. The van der Waals surface area contributed by atoms with E-state index in [-0.39, 0.29) is 0 Å². The Morgan fingerprint density at radius 1 is 0.480 bits per heavy atom. The molecule has 0 bridgehead atoms. The van der Waals surface area contributed by atoms with E-state index in [0.29, 0.717) is 16.8 Å². The quantitative estimate of drug-likeness (QED) is 0.104. The maximum Gasteiger partial charge on any atom is 0.188 e. The van der Waals surface area contributed by atoms with E-state index in [0.717, 1.165) is 43.8 Å². The molecule has 0 saturated carbocycles. The molecule has 0 aliphatic heterocycles. The Balaban J connectivity index is 1.29. The van der Waals surface area contributed by atoms with E-state index in [9.17, 15) is 10.5 Å². The minimum atomic E-state index is -2.84. The molecule has 0 N–H and O–H groups in total. The minimum absolute atomic E-state index is 0.569. The van der Waals surface area contributed by atoms with Crippen LogP contribution in [0.2, 0.25) is 0 Å². The molecule has 4 nitrogen and oxygen atoms in total. The monoisotopic (exact) mass is 652 g/mol. The van der Waals surface area contributed by atoms with Crippen LogP contribution in [0.15, 0.2) is 170 Å². The van der Waals surface area contributed by atoms with Crippen LogP contribution >= 0.6 is 0 Å². The number of aromatic nitrogens is 1. The molecule has 0 aliphatic rings. The van der Waals surface area contributed by atoms with E-state index < -0.39 is 8.07 Å². The van der Waals surface area contributed by atoms with Crippen LogP contribution in [0.25, 0.3) is 43.5 Å². The molecule has 1 heterocycles. The van der Waals surface area contributed by atoms with E-state index in [2.05, 4.69) is 143 Å². The van der Waals surface area contributed by atoms with Crippen molar-refractivity contribution >= 4 is 56.3 Å². The van der Waals surface area contributed by atoms with Crippen LogP contribution in [-0.4, -0.2) is 12.6 Å². The maximum absolute atomic E-state index is 9.93. The van der Waals surface area contributed by atoms with E-state index >= 15 is 0 Å². The smallest absolute Gasteiger partial charge is 0.188 e. The summed E-state index contributed by atoms with van der Waals surface area (Å²) in [6.07, 6.45) is 0. The highest BCUT2D eigenvalue weighted by Gasteiger charge is 2.41. The number of hydrogen-bond acceptors (Lipinski definition) is 2. The van der Waals surface area contributed by atoms with Crippen LogP contribution in [-0.2, 0) is 0 Å². The molecule has 5 heteroatoms. The van der Waals surface area contributed by atoms with Gasteiger partial charge in [-0.3, -0.25) is 0 Å². The van der Waals surface area contributed by atoms with E-state index in [1.54, 1.807) is 0 Å². The van der Waals surface area contributed by atoms with Crippen molar-refractivity contribution in [1.29, 1.82) is 10.5 Å². The molecule has 0 radical (unpaired) electrons. The minimum Gasteiger partial charge on any atom is -0.309 e. The number of benzene rings is 7. The summed E-state index contributed by atoms with van der Waals surface area (Å²) in [7, 11) is -2.84. The standard InChI is InChI=1S/C45H28N4Si/c1-48-36-21-25-45-43(29-36)42-27-33(31-47)18-24-44(42)49(45)37-22-19-34(20-23-37)35-11-9-17-41(28-35)50(38-12-4-2-5-13-38,39-14-6-3-7-15-39)40-16-8-10-32(26-40)30-46/h2-29H. The molecule has 232 valence electrons. The molecule has 0 atom stereocenters. The highest BCUT2D eigenvalue weighted by atomic mass is 28.3.